The van der Waals surface area contributed by atoms with Gasteiger partial charge in [0.15, 0.2) is 11.5 Å². The van der Waals surface area contributed by atoms with Crippen molar-refractivity contribution in [1.82, 2.24) is 5.32 Å². The van der Waals surface area contributed by atoms with E-state index in [1.807, 2.05) is 13.8 Å². The molecule has 9 heteroatoms. The van der Waals surface area contributed by atoms with Crippen molar-refractivity contribution in [2.75, 3.05) is 20.3 Å². The Morgan fingerprint density at radius 3 is 2.08 bits per heavy atom. The Bertz CT molecular complexity index is 1050. The summed E-state index contributed by atoms with van der Waals surface area (Å²) < 4.78 is 21.1. The van der Waals surface area contributed by atoms with Crippen LogP contribution in [0.5, 0.6) is 11.5 Å². The molecule has 0 heterocycles. The van der Waals surface area contributed by atoms with Gasteiger partial charge in [-0.25, -0.2) is 4.79 Å². The smallest absolute Gasteiger partial charge is 0.338 e. The van der Waals surface area contributed by atoms with Crippen LogP contribution in [0.1, 0.15) is 68.3 Å². The highest BCUT2D eigenvalue weighted by molar-refractivity contribution is 5.89. The van der Waals surface area contributed by atoms with Gasteiger partial charge in [-0.2, -0.15) is 0 Å². The summed E-state index contributed by atoms with van der Waals surface area (Å²) in [6.07, 6.45) is 3.73. The van der Waals surface area contributed by atoms with E-state index in [9.17, 15) is 19.2 Å². The van der Waals surface area contributed by atoms with Crippen LogP contribution in [0.4, 0.5) is 0 Å². The molecule has 2 aromatic carbocycles. The number of hydrogen-bond donors (Lipinski definition) is 1. The number of benzene rings is 2. The molecule has 1 N–H and O–H groups in total. The van der Waals surface area contributed by atoms with Crippen molar-refractivity contribution in [2.45, 2.75) is 64.8 Å². The molecule has 0 fully saturated rings. The molecule has 0 spiro atoms. The first kappa shape index (κ1) is 30.5. The van der Waals surface area contributed by atoms with Gasteiger partial charge in [0.25, 0.3) is 0 Å². The van der Waals surface area contributed by atoms with Crippen molar-refractivity contribution in [1.29, 1.82) is 0 Å². The molecule has 38 heavy (non-hydrogen) atoms. The predicted octanol–water partition coefficient (Wildman–Crippen LogP) is 4.41. The zero-order chi connectivity index (χ0) is 27.8. The van der Waals surface area contributed by atoms with Crippen LogP contribution in [0.25, 0.3) is 0 Å². The summed E-state index contributed by atoms with van der Waals surface area (Å²) in [4.78, 5) is 49.0. The molecule has 0 amide bonds. The first-order valence-corrected chi connectivity index (χ1v) is 13.0. The Hall–Kier alpha value is -3.72. The van der Waals surface area contributed by atoms with Crippen LogP contribution in [-0.2, 0) is 30.3 Å². The fraction of sp³-hybridized carbons (Fsp3) is 0.448. The fourth-order valence-corrected chi connectivity index (χ4v) is 3.48. The molecular formula is C29H37NO8. The first-order chi connectivity index (χ1) is 18.4. The second-order valence-electron chi connectivity index (χ2n) is 8.67. The monoisotopic (exact) mass is 527 g/mol. The van der Waals surface area contributed by atoms with E-state index in [4.69, 9.17) is 18.9 Å². The maximum atomic E-state index is 12.4. The van der Waals surface area contributed by atoms with Crippen molar-refractivity contribution < 1.29 is 38.1 Å². The zero-order valence-electron chi connectivity index (χ0n) is 22.3. The molecule has 0 aliphatic carbocycles. The van der Waals surface area contributed by atoms with Gasteiger partial charge in [0.2, 0.25) is 0 Å². The van der Waals surface area contributed by atoms with Crippen LogP contribution >= 0.6 is 0 Å². The SMILES string of the molecule is CCCCC(=O)Oc1ccc(C[C@H](NCCOC(=O)c2ccccc2)C(=O)OC)cc1OC(=O)CCCC. The van der Waals surface area contributed by atoms with Crippen molar-refractivity contribution in [3.05, 3.63) is 59.7 Å². The topological polar surface area (TPSA) is 117 Å². The van der Waals surface area contributed by atoms with Crippen LogP contribution in [0.15, 0.2) is 48.5 Å². The lowest BCUT2D eigenvalue weighted by Crippen LogP contribution is -2.41. The van der Waals surface area contributed by atoms with E-state index in [1.54, 1.807) is 48.5 Å². The standard InChI is InChI=1S/C29H37NO8/c1-4-6-13-26(31)37-24-16-15-21(20-25(24)38-27(32)14-7-5-2)19-23(29(34)35-3)30-17-18-36-28(33)22-11-9-8-10-12-22/h8-12,15-16,20,23,30H,4-7,13-14,17-19H2,1-3H3/t23-/m0/s1. The van der Waals surface area contributed by atoms with Crippen molar-refractivity contribution >= 4 is 23.9 Å². The van der Waals surface area contributed by atoms with E-state index in [0.717, 1.165) is 12.8 Å². The quantitative estimate of drug-likeness (QED) is 0.192. The Labute approximate surface area is 223 Å². The number of unbranched alkanes of at least 4 members (excludes halogenated alkanes) is 2. The van der Waals surface area contributed by atoms with Crippen LogP contribution < -0.4 is 14.8 Å². The molecule has 1 atom stereocenters. The highest BCUT2D eigenvalue weighted by atomic mass is 16.6. The number of ether oxygens (including phenoxy) is 4. The minimum Gasteiger partial charge on any atom is -0.468 e. The van der Waals surface area contributed by atoms with Gasteiger partial charge < -0.3 is 24.3 Å². The van der Waals surface area contributed by atoms with E-state index in [2.05, 4.69) is 5.32 Å². The van der Waals surface area contributed by atoms with Gasteiger partial charge in [-0.1, -0.05) is 51.0 Å². The maximum Gasteiger partial charge on any atom is 0.338 e. The molecule has 0 saturated heterocycles. The summed E-state index contributed by atoms with van der Waals surface area (Å²) >= 11 is 0. The average molecular weight is 528 g/mol. The Morgan fingerprint density at radius 2 is 1.47 bits per heavy atom. The second kappa shape index (κ2) is 16.9. The number of nitrogens with one attached hydrogen (secondary N) is 1. The molecule has 0 aromatic heterocycles. The number of hydrogen-bond acceptors (Lipinski definition) is 9. The number of esters is 4. The van der Waals surface area contributed by atoms with Gasteiger partial charge >= 0.3 is 23.9 Å². The van der Waals surface area contributed by atoms with Crippen LogP contribution in [0.2, 0.25) is 0 Å². The number of carbonyl (C=O) groups excluding carboxylic acids is 4. The van der Waals surface area contributed by atoms with Crippen LogP contribution in [0, 0.1) is 0 Å². The fourth-order valence-electron chi connectivity index (χ4n) is 3.48. The molecular weight excluding hydrogens is 490 g/mol. The highest BCUT2D eigenvalue weighted by Gasteiger charge is 2.21. The Kier molecular flexibility index (Phi) is 13.6. The lowest BCUT2D eigenvalue weighted by Gasteiger charge is -2.18. The second-order valence-corrected chi connectivity index (χ2v) is 8.67. The highest BCUT2D eigenvalue weighted by Crippen LogP contribution is 2.30. The first-order valence-electron chi connectivity index (χ1n) is 13.0. The van der Waals surface area contributed by atoms with Crippen molar-refractivity contribution in [3.8, 4) is 11.5 Å². The maximum absolute atomic E-state index is 12.4. The molecule has 0 bridgehead atoms. The van der Waals surface area contributed by atoms with E-state index in [0.29, 0.717) is 24.0 Å². The molecule has 2 aromatic rings. The van der Waals surface area contributed by atoms with E-state index >= 15 is 0 Å². The van der Waals surface area contributed by atoms with Gasteiger partial charge in [0, 0.05) is 19.4 Å². The molecule has 0 unspecified atom stereocenters. The number of rotatable bonds is 16. The third-order valence-electron chi connectivity index (χ3n) is 5.59. The summed E-state index contributed by atoms with van der Waals surface area (Å²) in [5.74, 6) is -1.54. The molecule has 0 aliphatic rings. The zero-order valence-corrected chi connectivity index (χ0v) is 22.3. The molecule has 0 aliphatic heterocycles. The number of carbonyl (C=O) groups is 4. The molecule has 206 valence electrons. The number of methoxy groups -OCH3 is 1. The summed E-state index contributed by atoms with van der Waals surface area (Å²) in [7, 11) is 1.28. The third kappa shape index (κ3) is 10.7. The van der Waals surface area contributed by atoms with Gasteiger partial charge in [-0.05, 0) is 49.1 Å². The summed E-state index contributed by atoms with van der Waals surface area (Å²) in [6, 6.07) is 12.7. The normalized spacial score (nSPS) is 11.3. The Balaban J connectivity index is 2.08. The van der Waals surface area contributed by atoms with Crippen molar-refractivity contribution in [3.63, 3.8) is 0 Å². The summed E-state index contributed by atoms with van der Waals surface area (Å²) in [5.41, 5.74) is 1.09. The van der Waals surface area contributed by atoms with Gasteiger partial charge in [-0.3, -0.25) is 14.4 Å². The molecule has 0 saturated carbocycles. The van der Waals surface area contributed by atoms with E-state index in [-0.39, 0.29) is 43.9 Å². The average Bonchev–Trinajstić information content (AvgIpc) is 2.93. The lowest BCUT2D eigenvalue weighted by molar-refractivity contribution is -0.143. The van der Waals surface area contributed by atoms with Crippen molar-refractivity contribution in [2.24, 2.45) is 0 Å². The largest absolute Gasteiger partial charge is 0.468 e. The van der Waals surface area contributed by atoms with Gasteiger partial charge in [0.05, 0.1) is 12.7 Å². The lowest BCUT2D eigenvalue weighted by atomic mass is 10.0. The molecule has 0 radical (unpaired) electrons. The summed E-state index contributed by atoms with van der Waals surface area (Å²) in [6.45, 7) is 4.21. The van der Waals surface area contributed by atoms with Gasteiger partial charge in [0.1, 0.15) is 12.6 Å². The van der Waals surface area contributed by atoms with Gasteiger partial charge in [-0.15, -0.1) is 0 Å². The van der Waals surface area contributed by atoms with E-state index in [1.165, 1.54) is 7.11 Å². The third-order valence-corrected chi connectivity index (χ3v) is 5.59. The summed E-state index contributed by atoms with van der Waals surface area (Å²) in [5, 5.41) is 3.04. The minimum atomic E-state index is -0.753. The predicted molar refractivity (Wildman–Crippen MR) is 141 cm³/mol. The van der Waals surface area contributed by atoms with Crippen LogP contribution in [0.3, 0.4) is 0 Å². The molecule has 9 nitrogen and oxygen atoms in total. The molecule has 2 rings (SSSR count). The van der Waals surface area contributed by atoms with E-state index < -0.39 is 29.9 Å². The van der Waals surface area contributed by atoms with Crippen LogP contribution in [-0.4, -0.2) is 50.2 Å². The Morgan fingerprint density at radius 1 is 0.842 bits per heavy atom. The minimum absolute atomic E-state index is 0.0498.